The highest BCUT2D eigenvalue weighted by Gasteiger charge is 2.11. The number of nitrogens with one attached hydrogen (secondary N) is 1. The van der Waals surface area contributed by atoms with Crippen molar-refractivity contribution in [2.75, 3.05) is 6.54 Å². The van der Waals surface area contributed by atoms with E-state index in [0.29, 0.717) is 13.0 Å². The lowest BCUT2D eigenvalue weighted by Crippen LogP contribution is -2.25. The maximum Gasteiger partial charge on any atom is 0.255 e. The molecule has 1 aromatic carbocycles. The zero-order valence-electron chi connectivity index (χ0n) is 8.84. The Morgan fingerprint density at radius 1 is 1.62 bits per heavy atom. The summed E-state index contributed by atoms with van der Waals surface area (Å²) in [6.07, 6.45) is 0.696. The first kappa shape index (κ1) is 13.3. The van der Waals surface area contributed by atoms with Crippen LogP contribution >= 0.6 is 27.5 Å². The average Bonchev–Trinajstić information content (AvgIpc) is 2.21. The van der Waals surface area contributed by atoms with E-state index in [2.05, 4.69) is 21.2 Å². The Bertz CT molecular complexity index is 382. The number of carbonyl (C=O) groups excluding carboxylic acids is 1. The Balaban J connectivity index is 2.62. The van der Waals surface area contributed by atoms with Gasteiger partial charge in [0.25, 0.3) is 5.91 Å². The number of rotatable bonds is 4. The predicted octanol–water partition coefficient (Wildman–Crippen LogP) is 2.90. The molecule has 16 heavy (non-hydrogen) atoms. The monoisotopic (exact) mass is 305 g/mol. The summed E-state index contributed by atoms with van der Waals surface area (Å²) in [6, 6.07) is 4.73. The van der Waals surface area contributed by atoms with Gasteiger partial charge in [-0.1, -0.05) is 15.9 Å². The fraction of sp³-hybridized carbons (Fsp3) is 0.364. The molecule has 0 bridgehead atoms. The maximum atomic E-state index is 11.7. The second-order valence-electron chi connectivity index (χ2n) is 3.49. The lowest BCUT2D eigenvalue weighted by molar-refractivity contribution is 0.0950. The first-order chi connectivity index (χ1) is 7.50. The zero-order chi connectivity index (χ0) is 12.1. The molecule has 0 saturated heterocycles. The maximum absolute atomic E-state index is 11.7. The van der Waals surface area contributed by atoms with Crippen LogP contribution in [0.25, 0.3) is 0 Å². The van der Waals surface area contributed by atoms with E-state index in [4.69, 9.17) is 11.6 Å². The number of phenols is 1. The minimum absolute atomic E-state index is 0.0245. The predicted molar refractivity (Wildman–Crippen MR) is 68.1 cm³/mol. The number of amides is 1. The molecule has 3 nitrogen and oxygen atoms in total. The molecule has 88 valence electrons. The van der Waals surface area contributed by atoms with Crippen molar-refractivity contribution >= 4 is 33.4 Å². The van der Waals surface area contributed by atoms with Crippen LogP contribution in [0.3, 0.4) is 0 Å². The van der Waals surface area contributed by atoms with Gasteiger partial charge in [0.1, 0.15) is 5.75 Å². The minimum atomic E-state index is -0.295. The van der Waals surface area contributed by atoms with Gasteiger partial charge in [-0.25, -0.2) is 0 Å². The minimum Gasteiger partial charge on any atom is -0.507 e. The van der Waals surface area contributed by atoms with Crippen LogP contribution < -0.4 is 5.32 Å². The van der Waals surface area contributed by atoms with Crippen molar-refractivity contribution in [1.29, 1.82) is 0 Å². The topological polar surface area (TPSA) is 49.3 Å². The van der Waals surface area contributed by atoms with E-state index in [0.717, 1.165) is 4.47 Å². The van der Waals surface area contributed by atoms with Crippen molar-refractivity contribution in [2.45, 2.75) is 18.7 Å². The highest BCUT2D eigenvalue weighted by molar-refractivity contribution is 9.10. The van der Waals surface area contributed by atoms with Crippen LogP contribution in [0.1, 0.15) is 23.7 Å². The molecular weight excluding hydrogens is 293 g/mol. The molecule has 0 aliphatic carbocycles. The molecule has 0 radical (unpaired) electrons. The smallest absolute Gasteiger partial charge is 0.255 e. The molecule has 1 unspecified atom stereocenters. The number of carbonyl (C=O) groups is 1. The average molecular weight is 307 g/mol. The zero-order valence-corrected chi connectivity index (χ0v) is 11.2. The third-order valence-corrected chi connectivity index (χ3v) is 2.74. The van der Waals surface area contributed by atoms with Crippen molar-refractivity contribution in [3.63, 3.8) is 0 Å². The Kier molecular flexibility index (Phi) is 5.09. The molecule has 0 aromatic heterocycles. The highest BCUT2D eigenvalue weighted by atomic mass is 79.9. The SMILES string of the molecule is CC(Cl)CCNC(=O)c1cc(Br)ccc1O. The van der Waals surface area contributed by atoms with Crippen LogP contribution in [0.2, 0.25) is 0 Å². The fourth-order valence-electron chi connectivity index (χ4n) is 1.17. The number of aromatic hydroxyl groups is 1. The third-order valence-electron chi connectivity index (χ3n) is 2.03. The van der Waals surface area contributed by atoms with E-state index in [1.807, 2.05) is 6.92 Å². The summed E-state index contributed by atoms with van der Waals surface area (Å²) in [5, 5.41) is 12.2. The van der Waals surface area contributed by atoms with Crippen molar-refractivity contribution in [3.8, 4) is 5.75 Å². The molecule has 0 saturated carbocycles. The largest absolute Gasteiger partial charge is 0.507 e. The van der Waals surface area contributed by atoms with Gasteiger partial charge in [0.2, 0.25) is 0 Å². The molecule has 0 heterocycles. The number of hydrogen-bond acceptors (Lipinski definition) is 2. The number of halogens is 2. The summed E-state index contributed by atoms with van der Waals surface area (Å²) in [6.45, 7) is 2.36. The van der Waals surface area contributed by atoms with E-state index in [9.17, 15) is 9.90 Å². The van der Waals surface area contributed by atoms with E-state index >= 15 is 0 Å². The van der Waals surface area contributed by atoms with Crippen molar-refractivity contribution in [2.24, 2.45) is 0 Å². The quantitative estimate of drug-likeness (QED) is 0.840. The molecule has 0 fully saturated rings. The van der Waals surface area contributed by atoms with Crippen LogP contribution in [0, 0.1) is 0 Å². The third kappa shape index (κ3) is 4.02. The van der Waals surface area contributed by atoms with E-state index in [1.54, 1.807) is 12.1 Å². The van der Waals surface area contributed by atoms with Gasteiger partial charge in [-0.15, -0.1) is 11.6 Å². The number of benzene rings is 1. The molecule has 5 heteroatoms. The number of phenolic OH excluding ortho intramolecular Hbond substituents is 1. The Labute approximate surface area is 108 Å². The lowest BCUT2D eigenvalue weighted by Gasteiger charge is -2.07. The molecule has 1 atom stereocenters. The molecule has 1 amide bonds. The van der Waals surface area contributed by atoms with E-state index in [-0.39, 0.29) is 22.6 Å². The highest BCUT2D eigenvalue weighted by Crippen LogP contribution is 2.21. The molecule has 1 aromatic rings. The summed E-state index contributed by atoms with van der Waals surface area (Å²) >= 11 is 9.00. The van der Waals surface area contributed by atoms with Gasteiger partial charge < -0.3 is 10.4 Å². The van der Waals surface area contributed by atoms with Crippen LogP contribution in [-0.2, 0) is 0 Å². The van der Waals surface area contributed by atoms with E-state index < -0.39 is 0 Å². The van der Waals surface area contributed by atoms with Gasteiger partial charge in [0, 0.05) is 16.4 Å². The summed E-state index contributed by atoms with van der Waals surface area (Å²) < 4.78 is 0.751. The molecule has 0 aliphatic heterocycles. The van der Waals surface area contributed by atoms with Gasteiger partial charge in [0.05, 0.1) is 5.56 Å². The Morgan fingerprint density at radius 2 is 2.31 bits per heavy atom. The molecule has 0 aliphatic rings. The summed E-state index contributed by atoms with van der Waals surface area (Å²) in [5.41, 5.74) is 0.261. The summed E-state index contributed by atoms with van der Waals surface area (Å²) in [7, 11) is 0. The first-order valence-corrected chi connectivity index (χ1v) is 6.14. The second kappa shape index (κ2) is 6.11. The van der Waals surface area contributed by atoms with Crippen LogP contribution in [0.4, 0.5) is 0 Å². The number of hydrogen-bond donors (Lipinski definition) is 2. The Morgan fingerprint density at radius 3 is 2.94 bits per heavy atom. The second-order valence-corrected chi connectivity index (χ2v) is 5.15. The number of alkyl halides is 1. The van der Waals surface area contributed by atoms with E-state index in [1.165, 1.54) is 6.07 Å². The van der Waals surface area contributed by atoms with Crippen molar-refractivity contribution < 1.29 is 9.90 Å². The normalized spacial score (nSPS) is 12.2. The Hall–Kier alpha value is -0.740. The molecule has 1 rings (SSSR count). The van der Waals surface area contributed by atoms with Crippen LogP contribution in [0.5, 0.6) is 5.75 Å². The van der Waals surface area contributed by atoms with Gasteiger partial charge in [0.15, 0.2) is 0 Å². The first-order valence-electron chi connectivity index (χ1n) is 4.91. The van der Waals surface area contributed by atoms with Crippen LogP contribution in [0.15, 0.2) is 22.7 Å². The van der Waals surface area contributed by atoms with Gasteiger partial charge in [-0.3, -0.25) is 4.79 Å². The van der Waals surface area contributed by atoms with Crippen LogP contribution in [-0.4, -0.2) is 22.9 Å². The summed E-state index contributed by atoms with van der Waals surface area (Å²) in [5.74, 6) is -0.323. The molecular formula is C11H13BrClNO2. The standard InChI is InChI=1S/C11H13BrClNO2/c1-7(13)4-5-14-11(16)9-6-8(12)2-3-10(9)15/h2-3,6-7,15H,4-5H2,1H3,(H,14,16). The fourth-order valence-corrected chi connectivity index (χ4v) is 1.64. The molecule has 2 N–H and O–H groups in total. The van der Waals surface area contributed by atoms with Gasteiger partial charge in [-0.05, 0) is 31.5 Å². The van der Waals surface area contributed by atoms with Gasteiger partial charge in [-0.2, -0.15) is 0 Å². The lowest BCUT2D eigenvalue weighted by atomic mass is 10.2. The summed E-state index contributed by atoms with van der Waals surface area (Å²) in [4.78, 5) is 11.7. The molecule has 0 spiro atoms. The van der Waals surface area contributed by atoms with Crippen molar-refractivity contribution in [1.82, 2.24) is 5.32 Å². The van der Waals surface area contributed by atoms with Gasteiger partial charge >= 0.3 is 0 Å². The van der Waals surface area contributed by atoms with Crippen molar-refractivity contribution in [3.05, 3.63) is 28.2 Å².